The van der Waals surface area contributed by atoms with Crippen molar-refractivity contribution < 1.29 is 0 Å². The number of benzene rings is 2. The monoisotopic (exact) mass is 326 g/mol. The molecule has 23 heavy (non-hydrogen) atoms. The average Bonchev–Trinajstić information content (AvgIpc) is 2.51. The first-order valence-corrected chi connectivity index (χ1v) is 7.34. The lowest BCUT2D eigenvalue weighted by atomic mass is 10.1. The minimum Gasteiger partial charge on any atom is -0.332 e. The van der Waals surface area contributed by atoms with Gasteiger partial charge in [0.05, 0.1) is 16.5 Å². The highest BCUT2D eigenvalue weighted by Crippen LogP contribution is 2.17. The van der Waals surface area contributed by atoms with Crippen LogP contribution in [0.3, 0.4) is 0 Å². The second-order valence-corrected chi connectivity index (χ2v) is 5.49. The average molecular weight is 326 g/mol. The minimum atomic E-state index is -0.388. The van der Waals surface area contributed by atoms with Crippen LogP contribution in [0.15, 0.2) is 52.1 Å². The van der Waals surface area contributed by atoms with Gasteiger partial charge in [-0.2, -0.15) is 0 Å². The van der Waals surface area contributed by atoms with Crippen LogP contribution in [0.25, 0.3) is 10.8 Å². The molecule has 4 N–H and O–H groups in total. The molecule has 0 aliphatic carbocycles. The molecule has 0 unspecified atom stereocenters. The van der Waals surface area contributed by atoms with Crippen LogP contribution in [0.5, 0.6) is 0 Å². The molecule has 3 aromatic rings. The Kier molecular flexibility index (Phi) is 3.94. The third kappa shape index (κ3) is 3.14. The molecule has 7 heteroatoms. The lowest BCUT2D eigenvalue weighted by Crippen LogP contribution is -2.23. The summed E-state index contributed by atoms with van der Waals surface area (Å²) in [6, 6.07) is 12.7. The fourth-order valence-corrected chi connectivity index (χ4v) is 2.57. The van der Waals surface area contributed by atoms with Gasteiger partial charge in [-0.25, -0.2) is 0 Å². The van der Waals surface area contributed by atoms with E-state index in [0.29, 0.717) is 16.2 Å². The first-order chi connectivity index (χ1) is 11.0. The van der Waals surface area contributed by atoms with Gasteiger partial charge in [0.2, 0.25) is 0 Å². The summed E-state index contributed by atoms with van der Waals surface area (Å²) in [4.78, 5) is 23.8. The van der Waals surface area contributed by atoms with Crippen LogP contribution in [0.2, 0.25) is 0 Å². The van der Waals surface area contributed by atoms with E-state index in [9.17, 15) is 9.59 Å². The van der Waals surface area contributed by atoms with E-state index in [4.69, 9.17) is 12.2 Å². The smallest absolute Gasteiger partial charge is 0.272 e. The third-order valence-electron chi connectivity index (χ3n) is 3.35. The fourth-order valence-electron chi connectivity index (χ4n) is 2.34. The maximum atomic E-state index is 12.0. The Hall–Kier alpha value is -2.93. The van der Waals surface area contributed by atoms with Crippen LogP contribution in [-0.2, 0) is 0 Å². The van der Waals surface area contributed by atoms with E-state index in [0.717, 1.165) is 11.3 Å². The highest BCUT2D eigenvalue weighted by atomic mass is 32.1. The zero-order chi connectivity index (χ0) is 16.4. The summed E-state index contributed by atoms with van der Waals surface area (Å²) < 4.78 is 0. The predicted molar refractivity (Wildman–Crippen MR) is 96.2 cm³/mol. The molecule has 0 atom stereocenters. The van der Waals surface area contributed by atoms with Crippen LogP contribution >= 0.6 is 12.2 Å². The molecule has 0 radical (unpaired) electrons. The van der Waals surface area contributed by atoms with Gasteiger partial charge in [0, 0.05) is 5.69 Å². The highest BCUT2D eigenvalue weighted by Gasteiger charge is 2.09. The van der Waals surface area contributed by atoms with E-state index in [2.05, 4.69) is 20.8 Å². The van der Waals surface area contributed by atoms with Gasteiger partial charge in [-0.1, -0.05) is 18.2 Å². The molecule has 6 nitrogen and oxygen atoms in total. The molecule has 116 valence electrons. The van der Waals surface area contributed by atoms with Gasteiger partial charge in [0.15, 0.2) is 5.11 Å². The van der Waals surface area contributed by atoms with Gasteiger partial charge in [-0.3, -0.25) is 19.8 Å². The van der Waals surface area contributed by atoms with E-state index in [1.807, 2.05) is 31.2 Å². The largest absolute Gasteiger partial charge is 0.332 e. The summed E-state index contributed by atoms with van der Waals surface area (Å²) in [7, 11) is 0. The van der Waals surface area contributed by atoms with E-state index >= 15 is 0 Å². The molecular formula is C16H14N4O2S. The highest BCUT2D eigenvalue weighted by molar-refractivity contribution is 7.80. The van der Waals surface area contributed by atoms with Crippen LogP contribution in [-0.4, -0.2) is 15.3 Å². The Balaban J connectivity index is 1.93. The zero-order valence-corrected chi connectivity index (χ0v) is 13.1. The number of fused-ring (bicyclic) bond motifs is 1. The van der Waals surface area contributed by atoms with Gasteiger partial charge in [-0.15, -0.1) is 0 Å². The number of thiocarbonyl (C=S) groups is 1. The van der Waals surface area contributed by atoms with Gasteiger partial charge in [0.25, 0.3) is 11.1 Å². The first-order valence-electron chi connectivity index (χ1n) is 6.93. The van der Waals surface area contributed by atoms with Crippen molar-refractivity contribution in [2.75, 3.05) is 10.6 Å². The molecular weight excluding hydrogens is 312 g/mol. The number of nitrogens with one attached hydrogen (secondary N) is 4. The normalized spacial score (nSPS) is 10.5. The van der Waals surface area contributed by atoms with Gasteiger partial charge < -0.3 is 10.6 Å². The Bertz CT molecular complexity index is 1010. The van der Waals surface area contributed by atoms with E-state index in [1.165, 1.54) is 0 Å². The molecule has 0 saturated carbocycles. The summed E-state index contributed by atoms with van der Waals surface area (Å²) in [6.45, 7) is 1.98. The van der Waals surface area contributed by atoms with E-state index < -0.39 is 0 Å². The maximum absolute atomic E-state index is 12.0. The Morgan fingerprint density at radius 2 is 1.74 bits per heavy atom. The second kappa shape index (κ2) is 6.05. The molecule has 2 aromatic carbocycles. The Labute approximate surface area is 136 Å². The topological polar surface area (TPSA) is 89.8 Å². The van der Waals surface area contributed by atoms with E-state index in [1.54, 1.807) is 18.2 Å². The number of hydrogen-bond acceptors (Lipinski definition) is 3. The standard InChI is InChI=1S/C16H14N4O2S/c1-9-4-2-5-10(8-9)17-16(23)18-12-7-3-6-11-13(12)15(22)20-19-14(11)21/h2-8H,1H3,(H,19,21)(H,20,22)(H2,17,18,23). The number of H-pyrrole nitrogens is 2. The molecule has 0 fully saturated rings. The summed E-state index contributed by atoms with van der Waals surface area (Å²) >= 11 is 5.28. The third-order valence-corrected chi connectivity index (χ3v) is 3.55. The summed E-state index contributed by atoms with van der Waals surface area (Å²) in [5, 5.41) is 11.5. The molecule has 0 aliphatic rings. The van der Waals surface area contributed by atoms with Gasteiger partial charge in [-0.05, 0) is 49.0 Å². The maximum Gasteiger partial charge on any atom is 0.272 e. The summed E-state index contributed by atoms with van der Waals surface area (Å²) in [5.41, 5.74) is 1.67. The van der Waals surface area contributed by atoms with Crippen molar-refractivity contribution in [3.8, 4) is 0 Å². The van der Waals surface area contributed by atoms with Crippen molar-refractivity contribution in [1.82, 2.24) is 10.2 Å². The Morgan fingerprint density at radius 3 is 2.52 bits per heavy atom. The number of anilines is 2. The molecule has 0 aliphatic heterocycles. The van der Waals surface area contributed by atoms with Crippen molar-refractivity contribution in [2.24, 2.45) is 0 Å². The molecule has 0 spiro atoms. The first kappa shape index (κ1) is 15.0. The second-order valence-electron chi connectivity index (χ2n) is 5.08. The molecule has 0 saturated heterocycles. The molecule has 1 aromatic heterocycles. The lowest BCUT2D eigenvalue weighted by molar-refractivity contribution is 0.977. The van der Waals surface area contributed by atoms with Gasteiger partial charge in [0.1, 0.15) is 0 Å². The van der Waals surface area contributed by atoms with Crippen LogP contribution in [0.4, 0.5) is 11.4 Å². The zero-order valence-electron chi connectivity index (χ0n) is 12.3. The van der Waals surface area contributed by atoms with Crippen molar-refractivity contribution in [3.05, 3.63) is 68.7 Å². The number of aromatic nitrogens is 2. The number of aromatic amines is 2. The van der Waals surface area contributed by atoms with E-state index in [-0.39, 0.29) is 16.5 Å². The SMILES string of the molecule is Cc1cccc(NC(=S)Nc2cccc3c(=O)[nH][nH]c(=O)c23)c1. The summed E-state index contributed by atoms with van der Waals surface area (Å²) in [5.74, 6) is 0. The summed E-state index contributed by atoms with van der Waals surface area (Å²) in [6.07, 6.45) is 0. The number of hydrogen-bond donors (Lipinski definition) is 4. The minimum absolute atomic E-state index is 0.268. The molecule has 3 rings (SSSR count). The van der Waals surface area contributed by atoms with Crippen LogP contribution < -0.4 is 21.8 Å². The Morgan fingerprint density at radius 1 is 1.00 bits per heavy atom. The van der Waals surface area contributed by atoms with Crippen molar-refractivity contribution >= 4 is 39.5 Å². The number of aryl methyl sites for hydroxylation is 1. The van der Waals surface area contributed by atoms with Crippen molar-refractivity contribution in [3.63, 3.8) is 0 Å². The van der Waals surface area contributed by atoms with Gasteiger partial charge >= 0.3 is 0 Å². The quantitative estimate of drug-likeness (QED) is 0.543. The van der Waals surface area contributed by atoms with Crippen LogP contribution in [0.1, 0.15) is 5.56 Å². The molecule has 1 heterocycles. The fraction of sp³-hybridized carbons (Fsp3) is 0.0625. The van der Waals surface area contributed by atoms with Crippen LogP contribution in [0, 0.1) is 6.92 Å². The molecule has 0 amide bonds. The molecule has 0 bridgehead atoms. The lowest BCUT2D eigenvalue weighted by Gasteiger charge is -2.12. The predicted octanol–water partition coefficient (Wildman–Crippen LogP) is 2.33. The number of rotatable bonds is 2. The van der Waals surface area contributed by atoms with Crippen molar-refractivity contribution in [2.45, 2.75) is 6.92 Å². The van der Waals surface area contributed by atoms with Crippen molar-refractivity contribution in [1.29, 1.82) is 0 Å².